The van der Waals surface area contributed by atoms with Gasteiger partial charge in [-0.05, 0) is 51.0 Å². The number of aryl methyl sites for hydroxylation is 3. The average molecular weight is 279 g/mol. The Kier molecular flexibility index (Phi) is 3.46. The van der Waals surface area contributed by atoms with E-state index in [2.05, 4.69) is 63.3 Å². The van der Waals surface area contributed by atoms with E-state index in [1.54, 1.807) is 0 Å². The fourth-order valence-electron chi connectivity index (χ4n) is 2.80. The quantitative estimate of drug-likeness (QED) is 0.681. The summed E-state index contributed by atoms with van der Waals surface area (Å²) in [6.07, 6.45) is 0. The lowest BCUT2D eigenvalue weighted by Crippen LogP contribution is -2.08. The minimum absolute atomic E-state index is 0.137. The molecular formula is C19H21NO. The van der Waals surface area contributed by atoms with Crippen molar-refractivity contribution in [2.24, 2.45) is 0 Å². The molecule has 0 saturated carbocycles. The van der Waals surface area contributed by atoms with Gasteiger partial charge in [0.15, 0.2) is 0 Å². The fourth-order valence-corrected chi connectivity index (χ4v) is 2.80. The molecule has 1 unspecified atom stereocenters. The first-order valence-corrected chi connectivity index (χ1v) is 7.38. The van der Waals surface area contributed by atoms with Crippen LogP contribution in [0, 0.1) is 20.8 Å². The number of hydrogen-bond donors (Lipinski definition) is 1. The monoisotopic (exact) mass is 279 g/mol. The number of furan rings is 1. The summed E-state index contributed by atoms with van der Waals surface area (Å²) in [5.74, 6) is 1.01. The van der Waals surface area contributed by atoms with Crippen molar-refractivity contribution in [2.75, 3.05) is 5.32 Å². The lowest BCUT2D eigenvalue weighted by molar-refractivity contribution is 0.522. The maximum absolute atomic E-state index is 6.04. The SMILES string of the molecule is Cc1ccc(C)c(NC(C)c2oc3ccccc3c2C)c1. The Morgan fingerprint density at radius 2 is 1.76 bits per heavy atom. The molecule has 3 rings (SSSR count). The second-order valence-corrected chi connectivity index (χ2v) is 5.77. The van der Waals surface area contributed by atoms with Crippen LogP contribution in [0.1, 0.15) is 35.4 Å². The number of benzene rings is 2. The van der Waals surface area contributed by atoms with Gasteiger partial charge >= 0.3 is 0 Å². The second kappa shape index (κ2) is 5.28. The van der Waals surface area contributed by atoms with Crippen molar-refractivity contribution in [3.8, 4) is 0 Å². The molecule has 1 heterocycles. The third-order valence-corrected chi connectivity index (χ3v) is 4.04. The van der Waals surface area contributed by atoms with E-state index in [0.717, 1.165) is 11.3 Å². The average Bonchev–Trinajstić information content (AvgIpc) is 2.81. The first-order chi connectivity index (χ1) is 10.1. The Morgan fingerprint density at radius 1 is 1.00 bits per heavy atom. The summed E-state index contributed by atoms with van der Waals surface area (Å²) in [5.41, 5.74) is 5.86. The largest absolute Gasteiger partial charge is 0.459 e. The van der Waals surface area contributed by atoms with Crippen LogP contribution in [0.15, 0.2) is 46.9 Å². The van der Waals surface area contributed by atoms with Gasteiger partial charge in [-0.1, -0.05) is 30.3 Å². The number of anilines is 1. The Balaban J connectivity index is 1.95. The summed E-state index contributed by atoms with van der Waals surface area (Å²) in [7, 11) is 0. The maximum atomic E-state index is 6.04. The molecule has 0 aliphatic heterocycles. The van der Waals surface area contributed by atoms with E-state index in [0.29, 0.717) is 0 Å². The molecule has 0 aliphatic rings. The predicted molar refractivity (Wildman–Crippen MR) is 88.9 cm³/mol. The summed E-state index contributed by atoms with van der Waals surface area (Å²) in [6.45, 7) is 8.51. The van der Waals surface area contributed by atoms with E-state index in [9.17, 15) is 0 Å². The molecule has 3 aromatic rings. The van der Waals surface area contributed by atoms with Crippen molar-refractivity contribution in [3.63, 3.8) is 0 Å². The normalized spacial score (nSPS) is 12.6. The van der Waals surface area contributed by atoms with E-state index in [-0.39, 0.29) is 6.04 Å². The Hall–Kier alpha value is -2.22. The summed E-state index contributed by atoms with van der Waals surface area (Å²) in [4.78, 5) is 0. The van der Waals surface area contributed by atoms with Crippen LogP contribution < -0.4 is 5.32 Å². The van der Waals surface area contributed by atoms with Crippen molar-refractivity contribution < 1.29 is 4.42 Å². The molecule has 21 heavy (non-hydrogen) atoms. The smallest absolute Gasteiger partial charge is 0.134 e. The van der Waals surface area contributed by atoms with Gasteiger partial charge in [0, 0.05) is 16.6 Å². The van der Waals surface area contributed by atoms with Crippen molar-refractivity contribution in [2.45, 2.75) is 33.7 Å². The molecule has 0 fully saturated rings. The van der Waals surface area contributed by atoms with E-state index < -0.39 is 0 Å². The standard InChI is InChI=1S/C19H21NO/c1-12-9-10-13(2)17(11-12)20-15(4)19-14(3)16-7-5-6-8-18(16)21-19/h5-11,15,20H,1-4H3. The van der Waals surface area contributed by atoms with Crippen LogP contribution in [0.5, 0.6) is 0 Å². The highest BCUT2D eigenvalue weighted by Gasteiger charge is 2.16. The van der Waals surface area contributed by atoms with Gasteiger partial charge in [0.25, 0.3) is 0 Å². The van der Waals surface area contributed by atoms with Crippen LogP contribution in [0.3, 0.4) is 0 Å². The van der Waals surface area contributed by atoms with E-state index >= 15 is 0 Å². The minimum atomic E-state index is 0.137. The van der Waals surface area contributed by atoms with E-state index in [1.165, 1.54) is 27.8 Å². The van der Waals surface area contributed by atoms with Gasteiger partial charge in [-0.2, -0.15) is 0 Å². The molecule has 0 radical (unpaired) electrons. The molecule has 2 nitrogen and oxygen atoms in total. The van der Waals surface area contributed by atoms with Gasteiger partial charge in [0.1, 0.15) is 11.3 Å². The highest BCUT2D eigenvalue weighted by Crippen LogP contribution is 2.31. The molecule has 2 aromatic carbocycles. The minimum Gasteiger partial charge on any atom is -0.459 e. The second-order valence-electron chi connectivity index (χ2n) is 5.77. The number of para-hydroxylation sites is 1. The number of hydrogen-bond acceptors (Lipinski definition) is 2. The Labute approximate surface area is 125 Å². The van der Waals surface area contributed by atoms with Crippen LogP contribution in [0.4, 0.5) is 5.69 Å². The van der Waals surface area contributed by atoms with Gasteiger partial charge in [-0.15, -0.1) is 0 Å². The summed E-state index contributed by atoms with van der Waals surface area (Å²) in [5, 5.41) is 4.77. The summed E-state index contributed by atoms with van der Waals surface area (Å²) in [6, 6.07) is 14.8. The van der Waals surface area contributed by atoms with Crippen LogP contribution >= 0.6 is 0 Å². The first-order valence-electron chi connectivity index (χ1n) is 7.38. The van der Waals surface area contributed by atoms with E-state index in [4.69, 9.17) is 4.42 Å². The third kappa shape index (κ3) is 2.54. The molecule has 1 N–H and O–H groups in total. The molecule has 0 amide bonds. The number of nitrogens with one attached hydrogen (secondary N) is 1. The summed E-state index contributed by atoms with van der Waals surface area (Å²) >= 11 is 0. The van der Waals surface area contributed by atoms with Crippen molar-refractivity contribution in [1.29, 1.82) is 0 Å². The van der Waals surface area contributed by atoms with Gasteiger partial charge < -0.3 is 9.73 Å². The van der Waals surface area contributed by atoms with Crippen molar-refractivity contribution in [1.82, 2.24) is 0 Å². The highest BCUT2D eigenvalue weighted by atomic mass is 16.3. The maximum Gasteiger partial charge on any atom is 0.134 e. The van der Waals surface area contributed by atoms with Gasteiger partial charge in [-0.3, -0.25) is 0 Å². The lowest BCUT2D eigenvalue weighted by Gasteiger charge is -2.16. The molecule has 0 saturated heterocycles. The molecular weight excluding hydrogens is 258 g/mol. The molecule has 0 aliphatic carbocycles. The Bertz CT molecular complexity index is 785. The van der Waals surface area contributed by atoms with Gasteiger partial charge in [-0.25, -0.2) is 0 Å². The first kappa shape index (κ1) is 13.7. The zero-order valence-electron chi connectivity index (χ0n) is 13.0. The van der Waals surface area contributed by atoms with Crippen LogP contribution in [0.2, 0.25) is 0 Å². The van der Waals surface area contributed by atoms with Crippen LogP contribution in [-0.4, -0.2) is 0 Å². The predicted octanol–water partition coefficient (Wildman–Crippen LogP) is 5.53. The lowest BCUT2D eigenvalue weighted by atomic mass is 10.1. The fraction of sp³-hybridized carbons (Fsp3) is 0.263. The molecule has 0 spiro atoms. The number of rotatable bonds is 3. The molecule has 2 heteroatoms. The zero-order valence-corrected chi connectivity index (χ0v) is 13.0. The van der Waals surface area contributed by atoms with Crippen LogP contribution in [0.25, 0.3) is 11.0 Å². The summed E-state index contributed by atoms with van der Waals surface area (Å²) < 4.78 is 6.04. The van der Waals surface area contributed by atoms with Crippen LogP contribution in [-0.2, 0) is 0 Å². The van der Waals surface area contributed by atoms with E-state index in [1.807, 2.05) is 12.1 Å². The topological polar surface area (TPSA) is 25.2 Å². The molecule has 1 aromatic heterocycles. The Morgan fingerprint density at radius 3 is 2.52 bits per heavy atom. The molecule has 108 valence electrons. The third-order valence-electron chi connectivity index (χ3n) is 4.04. The number of fused-ring (bicyclic) bond motifs is 1. The zero-order chi connectivity index (χ0) is 15.0. The van der Waals surface area contributed by atoms with Gasteiger partial charge in [0.05, 0.1) is 6.04 Å². The molecule has 0 bridgehead atoms. The van der Waals surface area contributed by atoms with Crippen molar-refractivity contribution in [3.05, 3.63) is 64.9 Å². The highest BCUT2D eigenvalue weighted by molar-refractivity contribution is 5.82. The van der Waals surface area contributed by atoms with Crippen molar-refractivity contribution >= 4 is 16.7 Å². The molecule has 1 atom stereocenters. The van der Waals surface area contributed by atoms with Gasteiger partial charge in [0.2, 0.25) is 0 Å².